The summed E-state index contributed by atoms with van der Waals surface area (Å²) < 4.78 is 0. The zero-order chi connectivity index (χ0) is 8.69. The normalized spacial score (nSPS) is 13.1. The van der Waals surface area contributed by atoms with Gasteiger partial charge in [-0.25, -0.2) is 0 Å². The molecule has 0 bridgehead atoms. The van der Waals surface area contributed by atoms with E-state index in [0.29, 0.717) is 0 Å². The molecule has 0 aliphatic heterocycles. The van der Waals surface area contributed by atoms with Crippen LogP contribution in [0.1, 0.15) is 13.8 Å². The first-order chi connectivity index (χ1) is 5.22. The van der Waals surface area contributed by atoms with Gasteiger partial charge < -0.3 is 0 Å². The van der Waals surface area contributed by atoms with E-state index in [9.17, 15) is 10.1 Å². The lowest BCUT2D eigenvalue weighted by molar-refractivity contribution is -0.419. The highest BCUT2D eigenvalue weighted by atomic mass is 16.6. The predicted octanol–water partition coefficient (Wildman–Crippen LogP) is 2.30. The standard InChI is InChI=1S/C8H11NO2/c1-3-5-7-8(6-4-2)9(10)11/h3-7H,1-2H3/b5-3-,6-4-,8-7+. The van der Waals surface area contributed by atoms with Crippen LogP contribution in [-0.4, -0.2) is 4.92 Å². The van der Waals surface area contributed by atoms with Crippen molar-refractivity contribution in [2.24, 2.45) is 0 Å². The van der Waals surface area contributed by atoms with E-state index in [2.05, 4.69) is 0 Å². The Morgan fingerprint density at radius 2 is 2.00 bits per heavy atom. The third-order valence-electron chi connectivity index (χ3n) is 1.01. The van der Waals surface area contributed by atoms with E-state index in [1.54, 1.807) is 25.2 Å². The first-order valence-corrected chi connectivity index (χ1v) is 3.32. The second-order valence-electron chi connectivity index (χ2n) is 1.87. The topological polar surface area (TPSA) is 43.1 Å². The molecular formula is C8H11NO2. The summed E-state index contributed by atoms with van der Waals surface area (Å²) in [5.74, 6) is 0. The SMILES string of the molecule is C\C=C/C=C(\C=C/C)[N+](=O)[O-]. The minimum Gasteiger partial charge on any atom is -0.258 e. The third kappa shape index (κ3) is 4.08. The van der Waals surface area contributed by atoms with Crippen LogP contribution in [0.5, 0.6) is 0 Å². The maximum absolute atomic E-state index is 10.2. The van der Waals surface area contributed by atoms with Gasteiger partial charge in [0, 0.05) is 12.2 Å². The fourth-order valence-electron chi connectivity index (χ4n) is 0.543. The number of nitrogens with zero attached hydrogens (tertiary/aromatic N) is 1. The van der Waals surface area contributed by atoms with Gasteiger partial charge in [0.25, 0.3) is 5.70 Å². The minimum absolute atomic E-state index is 0.102. The largest absolute Gasteiger partial charge is 0.269 e. The van der Waals surface area contributed by atoms with Crippen LogP contribution in [-0.2, 0) is 0 Å². The summed E-state index contributed by atoms with van der Waals surface area (Å²) >= 11 is 0. The molecule has 0 rings (SSSR count). The Labute approximate surface area is 65.9 Å². The molecule has 0 spiro atoms. The van der Waals surface area contributed by atoms with Crippen molar-refractivity contribution >= 4 is 0 Å². The molecular weight excluding hydrogens is 142 g/mol. The lowest BCUT2D eigenvalue weighted by Crippen LogP contribution is -1.93. The first kappa shape index (κ1) is 9.62. The summed E-state index contributed by atoms with van der Waals surface area (Å²) in [7, 11) is 0. The molecule has 3 heteroatoms. The van der Waals surface area contributed by atoms with Crippen LogP contribution in [0.4, 0.5) is 0 Å². The molecule has 0 amide bonds. The first-order valence-electron chi connectivity index (χ1n) is 3.32. The van der Waals surface area contributed by atoms with E-state index in [1.165, 1.54) is 12.2 Å². The van der Waals surface area contributed by atoms with Gasteiger partial charge in [-0.1, -0.05) is 18.2 Å². The summed E-state index contributed by atoms with van der Waals surface area (Å²) in [6.07, 6.45) is 7.93. The van der Waals surface area contributed by atoms with Crippen LogP contribution in [0.2, 0.25) is 0 Å². The highest BCUT2D eigenvalue weighted by Gasteiger charge is 2.01. The molecule has 60 valence electrons. The van der Waals surface area contributed by atoms with Gasteiger partial charge in [-0.05, 0) is 13.8 Å². The van der Waals surface area contributed by atoms with E-state index in [0.717, 1.165) is 0 Å². The van der Waals surface area contributed by atoms with Crippen LogP contribution >= 0.6 is 0 Å². The Bertz CT molecular complexity index is 214. The minimum atomic E-state index is -0.417. The summed E-state index contributed by atoms with van der Waals surface area (Å²) in [5, 5.41) is 10.2. The molecule has 0 heterocycles. The number of nitro groups is 1. The monoisotopic (exact) mass is 153 g/mol. The van der Waals surface area contributed by atoms with Gasteiger partial charge in [0.1, 0.15) is 0 Å². The Morgan fingerprint density at radius 3 is 2.36 bits per heavy atom. The van der Waals surface area contributed by atoms with Crippen molar-refractivity contribution < 1.29 is 4.92 Å². The molecule has 11 heavy (non-hydrogen) atoms. The fraction of sp³-hybridized carbons (Fsp3) is 0.250. The molecule has 0 N–H and O–H groups in total. The van der Waals surface area contributed by atoms with Gasteiger partial charge in [0.15, 0.2) is 0 Å². The maximum Gasteiger partial charge on any atom is 0.269 e. The fourth-order valence-corrected chi connectivity index (χ4v) is 0.543. The molecule has 0 aliphatic rings. The Morgan fingerprint density at radius 1 is 1.36 bits per heavy atom. The molecule has 0 aromatic heterocycles. The van der Waals surface area contributed by atoms with E-state index in [1.807, 2.05) is 6.92 Å². The van der Waals surface area contributed by atoms with E-state index >= 15 is 0 Å². The van der Waals surface area contributed by atoms with Gasteiger partial charge in [-0.2, -0.15) is 0 Å². The number of hydrogen-bond acceptors (Lipinski definition) is 2. The molecule has 0 radical (unpaired) electrons. The molecule has 0 aliphatic carbocycles. The van der Waals surface area contributed by atoms with Gasteiger partial charge >= 0.3 is 0 Å². The van der Waals surface area contributed by atoms with Crippen molar-refractivity contribution in [1.82, 2.24) is 0 Å². The second kappa shape index (κ2) is 5.41. The Balaban J connectivity index is 4.45. The van der Waals surface area contributed by atoms with Crippen molar-refractivity contribution in [2.75, 3.05) is 0 Å². The molecule has 0 saturated heterocycles. The van der Waals surface area contributed by atoms with Gasteiger partial charge in [0.2, 0.25) is 0 Å². The summed E-state index contributed by atoms with van der Waals surface area (Å²) in [4.78, 5) is 9.83. The zero-order valence-corrected chi connectivity index (χ0v) is 6.65. The molecule has 3 nitrogen and oxygen atoms in total. The van der Waals surface area contributed by atoms with Crippen molar-refractivity contribution in [2.45, 2.75) is 13.8 Å². The van der Waals surface area contributed by atoms with E-state index < -0.39 is 4.92 Å². The molecule has 0 fully saturated rings. The van der Waals surface area contributed by atoms with Crippen molar-refractivity contribution in [1.29, 1.82) is 0 Å². The average Bonchev–Trinajstić information content (AvgIpc) is 1.97. The molecule has 0 unspecified atom stereocenters. The quantitative estimate of drug-likeness (QED) is 0.354. The van der Waals surface area contributed by atoms with Crippen molar-refractivity contribution in [3.63, 3.8) is 0 Å². The smallest absolute Gasteiger partial charge is 0.258 e. The molecule has 0 aromatic carbocycles. The van der Waals surface area contributed by atoms with Crippen LogP contribution in [0, 0.1) is 10.1 Å². The number of allylic oxidation sites excluding steroid dienone is 5. The Kier molecular flexibility index (Phi) is 4.73. The number of rotatable bonds is 3. The van der Waals surface area contributed by atoms with Crippen LogP contribution in [0.3, 0.4) is 0 Å². The van der Waals surface area contributed by atoms with E-state index in [4.69, 9.17) is 0 Å². The van der Waals surface area contributed by atoms with Crippen LogP contribution in [0.25, 0.3) is 0 Å². The summed E-state index contributed by atoms with van der Waals surface area (Å²) in [6.45, 7) is 3.55. The van der Waals surface area contributed by atoms with Gasteiger partial charge in [0.05, 0.1) is 4.92 Å². The summed E-state index contributed by atoms with van der Waals surface area (Å²) in [5.41, 5.74) is 0.102. The van der Waals surface area contributed by atoms with E-state index in [-0.39, 0.29) is 5.70 Å². The maximum atomic E-state index is 10.2. The molecule has 0 aromatic rings. The third-order valence-corrected chi connectivity index (χ3v) is 1.01. The molecule has 0 atom stereocenters. The lowest BCUT2D eigenvalue weighted by atomic mass is 10.3. The van der Waals surface area contributed by atoms with Crippen molar-refractivity contribution in [3.8, 4) is 0 Å². The highest BCUT2D eigenvalue weighted by Crippen LogP contribution is 1.97. The second-order valence-corrected chi connectivity index (χ2v) is 1.87. The lowest BCUT2D eigenvalue weighted by Gasteiger charge is -1.86. The highest BCUT2D eigenvalue weighted by molar-refractivity contribution is 5.16. The number of hydrogen-bond donors (Lipinski definition) is 0. The van der Waals surface area contributed by atoms with Crippen LogP contribution < -0.4 is 0 Å². The van der Waals surface area contributed by atoms with Gasteiger partial charge in [-0.3, -0.25) is 10.1 Å². The summed E-state index contributed by atoms with van der Waals surface area (Å²) in [6, 6.07) is 0. The van der Waals surface area contributed by atoms with Gasteiger partial charge in [-0.15, -0.1) is 0 Å². The predicted molar refractivity (Wildman–Crippen MR) is 44.7 cm³/mol. The Hall–Kier alpha value is -1.38. The molecule has 0 saturated carbocycles. The zero-order valence-electron chi connectivity index (χ0n) is 6.65. The van der Waals surface area contributed by atoms with Crippen LogP contribution in [0.15, 0.2) is 36.1 Å². The van der Waals surface area contributed by atoms with Crippen molar-refractivity contribution in [3.05, 3.63) is 46.2 Å². The average molecular weight is 153 g/mol.